The summed E-state index contributed by atoms with van der Waals surface area (Å²) < 4.78 is 28.4. The van der Waals surface area contributed by atoms with Crippen molar-refractivity contribution in [3.63, 3.8) is 0 Å². The topological polar surface area (TPSA) is 102 Å². The van der Waals surface area contributed by atoms with E-state index in [0.717, 1.165) is 23.2 Å². The molecule has 148 valence electrons. The average molecular weight is 408 g/mol. The van der Waals surface area contributed by atoms with Crippen LogP contribution in [0.1, 0.15) is 19.8 Å². The van der Waals surface area contributed by atoms with Crippen molar-refractivity contribution in [2.75, 3.05) is 10.5 Å². The molecule has 9 heteroatoms. The third-order valence-corrected chi connectivity index (χ3v) is 5.79. The standard InChI is InChI=1S/C20H20N6O2S/c1-2-3-14-29(27,28)25-17-6-4-15(5-7-17)18-8-9-19-22-23-20(26(19)24-18)16-10-12-21-13-11-16/h4-13,25H,2-3,14H2,1H3. The summed E-state index contributed by atoms with van der Waals surface area (Å²) >= 11 is 0. The lowest BCUT2D eigenvalue weighted by Crippen LogP contribution is -2.16. The van der Waals surface area contributed by atoms with E-state index in [9.17, 15) is 8.42 Å². The van der Waals surface area contributed by atoms with E-state index in [-0.39, 0.29) is 5.75 Å². The lowest BCUT2D eigenvalue weighted by atomic mass is 10.1. The molecule has 0 fully saturated rings. The number of fused-ring (bicyclic) bond motifs is 1. The number of rotatable bonds is 7. The first-order chi connectivity index (χ1) is 14.1. The summed E-state index contributed by atoms with van der Waals surface area (Å²) in [7, 11) is -3.32. The maximum absolute atomic E-state index is 12.1. The van der Waals surface area contributed by atoms with Crippen LogP contribution in [0.2, 0.25) is 0 Å². The summed E-state index contributed by atoms with van der Waals surface area (Å²) in [6.45, 7) is 1.96. The second kappa shape index (κ2) is 7.96. The number of hydrogen-bond acceptors (Lipinski definition) is 6. The van der Waals surface area contributed by atoms with Crippen LogP contribution in [0.3, 0.4) is 0 Å². The van der Waals surface area contributed by atoms with Crippen LogP contribution in [-0.4, -0.2) is 39.0 Å². The van der Waals surface area contributed by atoms with Crippen LogP contribution in [0.25, 0.3) is 28.3 Å². The summed E-state index contributed by atoms with van der Waals surface area (Å²) in [5.41, 5.74) is 3.63. The van der Waals surface area contributed by atoms with Gasteiger partial charge in [0.05, 0.1) is 11.4 Å². The highest BCUT2D eigenvalue weighted by atomic mass is 32.2. The van der Waals surface area contributed by atoms with Crippen LogP contribution in [0.15, 0.2) is 60.9 Å². The smallest absolute Gasteiger partial charge is 0.232 e. The predicted molar refractivity (Wildman–Crippen MR) is 112 cm³/mol. The van der Waals surface area contributed by atoms with Crippen molar-refractivity contribution in [3.8, 4) is 22.6 Å². The molecule has 0 saturated carbocycles. The SMILES string of the molecule is CCCCS(=O)(=O)Nc1ccc(-c2ccc3nnc(-c4ccncc4)n3n2)cc1. The van der Waals surface area contributed by atoms with Crippen LogP contribution in [0.5, 0.6) is 0 Å². The summed E-state index contributed by atoms with van der Waals surface area (Å²) in [6, 6.07) is 14.6. The van der Waals surface area contributed by atoms with Crippen molar-refractivity contribution < 1.29 is 8.42 Å². The minimum atomic E-state index is -3.32. The Hall–Kier alpha value is -3.33. The van der Waals surface area contributed by atoms with Gasteiger partial charge in [0, 0.05) is 29.2 Å². The molecule has 0 spiro atoms. The summed E-state index contributed by atoms with van der Waals surface area (Å²) in [6.07, 6.45) is 4.86. The molecule has 0 radical (unpaired) electrons. The van der Waals surface area contributed by atoms with Gasteiger partial charge in [-0.05, 0) is 42.8 Å². The number of hydrogen-bond donors (Lipinski definition) is 1. The highest BCUT2D eigenvalue weighted by molar-refractivity contribution is 7.92. The van der Waals surface area contributed by atoms with Gasteiger partial charge in [-0.15, -0.1) is 10.2 Å². The first-order valence-corrected chi connectivity index (χ1v) is 10.9. The van der Waals surface area contributed by atoms with Crippen LogP contribution >= 0.6 is 0 Å². The van der Waals surface area contributed by atoms with Crippen molar-refractivity contribution in [1.82, 2.24) is 24.8 Å². The van der Waals surface area contributed by atoms with Crippen LogP contribution in [0.4, 0.5) is 5.69 Å². The van der Waals surface area contributed by atoms with Gasteiger partial charge in [0.2, 0.25) is 10.0 Å². The molecule has 3 heterocycles. The normalized spacial score (nSPS) is 11.6. The number of anilines is 1. The highest BCUT2D eigenvalue weighted by Crippen LogP contribution is 2.22. The summed E-state index contributed by atoms with van der Waals surface area (Å²) in [5, 5.41) is 13.0. The maximum Gasteiger partial charge on any atom is 0.232 e. The molecule has 1 N–H and O–H groups in total. The molecule has 4 aromatic rings. The van der Waals surface area contributed by atoms with E-state index in [0.29, 0.717) is 23.6 Å². The van der Waals surface area contributed by atoms with Crippen molar-refractivity contribution in [2.45, 2.75) is 19.8 Å². The van der Waals surface area contributed by atoms with Crippen molar-refractivity contribution in [2.24, 2.45) is 0 Å². The molecule has 1 aromatic carbocycles. The molecule has 0 amide bonds. The summed E-state index contributed by atoms with van der Waals surface area (Å²) in [5.74, 6) is 0.749. The Bertz CT molecular complexity index is 1220. The molecular weight excluding hydrogens is 388 g/mol. The Morgan fingerprint density at radius 1 is 0.931 bits per heavy atom. The fourth-order valence-electron chi connectivity index (χ4n) is 2.90. The molecule has 29 heavy (non-hydrogen) atoms. The molecule has 8 nitrogen and oxygen atoms in total. The van der Waals surface area contributed by atoms with Gasteiger partial charge in [-0.2, -0.15) is 9.61 Å². The molecule has 3 aromatic heterocycles. The first-order valence-electron chi connectivity index (χ1n) is 9.29. The van der Waals surface area contributed by atoms with Crippen molar-refractivity contribution >= 4 is 21.4 Å². The molecule has 0 aliphatic carbocycles. The van der Waals surface area contributed by atoms with Crippen molar-refractivity contribution in [1.29, 1.82) is 0 Å². The Morgan fingerprint density at radius 2 is 1.69 bits per heavy atom. The van der Waals surface area contributed by atoms with Gasteiger partial charge in [-0.25, -0.2) is 8.42 Å². The van der Waals surface area contributed by atoms with Gasteiger partial charge in [-0.3, -0.25) is 9.71 Å². The van der Waals surface area contributed by atoms with Gasteiger partial charge < -0.3 is 0 Å². The molecule has 4 rings (SSSR count). The zero-order valence-corrected chi connectivity index (χ0v) is 16.7. The highest BCUT2D eigenvalue weighted by Gasteiger charge is 2.12. The lowest BCUT2D eigenvalue weighted by Gasteiger charge is -2.08. The minimum Gasteiger partial charge on any atom is -0.284 e. The second-order valence-corrected chi connectivity index (χ2v) is 8.44. The number of pyridine rings is 1. The average Bonchev–Trinajstić information content (AvgIpc) is 3.16. The molecule has 0 bridgehead atoms. The van der Waals surface area contributed by atoms with Crippen LogP contribution < -0.4 is 4.72 Å². The minimum absolute atomic E-state index is 0.120. The Morgan fingerprint density at radius 3 is 2.41 bits per heavy atom. The largest absolute Gasteiger partial charge is 0.284 e. The lowest BCUT2D eigenvalue weighted by molar-refractivity contribution is 0.598. The van der Waals surface area contributed by atoms with E-state index in [1.807, 2.05) is 43.3 Å². The Balaban J connectivity index is 1.62. The third kappa shape index (κ3) is 4.24. The number of aromatic nitrogens is 5. The second-order valence-electron chi connectivity index (χ2n) is 6.60. The predicted octanol–water partition coefficient (Wildman–Crippen LogP) is 3.40. The van der Waals surface area contributed by atoms with E-state index >= 15 is 0 Å². The third-order valence-electron chi connectivity index (χ3n) is 4.42. The van der Waals surface area contributed by atoms with E-state index in [2.05, 4.69) is 25.0 Å². The van der Waals surface area contributed by atoms with Gasteiger partial charge >= 0.3 is 0 Å². The zero-order valence-electron chi connectivity index (χ0n) is 15.9. The molecule has 0 aliphatic heterocycles. The molecule has 0 saturated heterocycles. The van der Waals surface area contributed by atoms with E-state index in [1.54, 1.807) is 29.0 Å². The Kier molecular flexibility index (Phi) is 5.22. The quantitative estimate of drug-likeness (QED) is 0.503. The Labute approximate surface area is 168 Å². The number of benzene rings is 1. The van der Waals surface area contributed by atoms with Gasteiger partial charge in [-0.1, -0.05) is 25.5 Å². The monoisotopic (exact) mass is 408 g/mol. The van der Waals surface area contributed by atoms with E-state index in [1.165, 1.54) is 0 Å². The van der Waals surface area contributed by atoms with Gasteiger partial charge in [0.15, 0.2) is 11.5 Å². The molecular formula is C20H20N6O2S. The number of sulfonamides is 1. The van der Waals surface area contributed by atoms with E-state index in [4.69, 9.17) is 0 Å². The van der Waals surface area contributed by atoms with Crippen molar-refractivity contribution in [3.05, 3.63) is 60.9 Å². The molecule has 0 atom stereocenters. The maximum atomic E-state index is 12.1. The van der Waals surface area contributed by atoms with E-state index < -0.39 is 10.0 Å². The zero-order chi connectivity index (χ0) is 20.3. The fraction of sp³-hybridized carbons (Fsp3) is 0.200. The number of nitrogens with zero attached hydrogens (tertiary/aromatic N) is 5. The van der Waals surface area contributed by atoms with Gasteiger partial charge in [0.25, 0.3) is 0 Å². The molecule has 0 aliphatic rings. The van der Waals surface area contributed by atoms with Crippen LogP contribution in [0, 0.1) is 0 Å². The fourth-order valence-corrected chi connectivity index (χ4v) is 4.16. The summed E-state index contributed by atoms with van der Waals surface area (Å²) in [4.78, 5) is 4.02. The van der Waals surface area contributed by atoms with Crippen LogP contribution in [-0.2, 0) is 10.0 Å². The number of unbranched alkanes of at least 4 members (excludes halogenated alkanes) is 1. The first kappa shape index (κ1) is 19.0. The molecule has 0 unspecified atom stereocenters. The number of nitrogens with one attached hydrogen (secondary N) is 1. The van der Waals surface area contributed by atoms with Gasteiger partial charge in [0.1, 0.15) is 0 Å².